The van der Waals surface area contributed by atoms with Gasteiger partial charge in [0, 0.05) is 0 Å². The Kier molecular flexibility index (Phi) is 6.73. The Morgan fingerprint density at radius 1 is 1.17 bits per heavy atom. The van der Waals surface area contributed by atoms with Crippen LogP contribution in [0.2, 0.25) is 0 Å². The summed E-state index contributed by atoms with van der Waals surface area (Å²) in [6.07, 6.45) is 9.13. The first-order valence-electron chi connectivity index (χ1n) is 8.75. The molecule has 1 saturated carbocycles. The van der Waals surface area contributed by atoms with E-state index in [1.807, 2.05) is 0 Å². The molecule has 0 unspecified atom stereocenters. The number of rotatable bonds is 6. The molecule has 2 rings (SSSR count). The molecule has 1 aromatic rings. The molecule has 1 fully saturated rings. The van der Waals surface area contributed by atoms with Gasteiger partial charge in [-0.15, -0.1) is 0 Å². The summed E-state index contributed by atoms with van der Waals surface area (Å²) in [5, 5.41) is 0. The molecular weight excluding hydrogens is 297 g/mol. The van der Waals surface area contributed by atoms with E-state index >= 15 is 0 Å². The lowest BCUT2D eigenvalue weighted by atomic mass is 9.80. The van der Waals surface area contributed by atoms with E-state index in [4.69, 9.17) is 0 Å². The number of hydrogen-bond donors (Lipinski definition) is 0. The van der Waals surface area contributed by atoms with E-state index in [2.05, 4.69) is 19.1 Å². The van der Waals surface area contributed by atoms with Gasteiger partial charge in [0.1, 0.15) is 5.82 Å². The van der Waals surface area contributed by atoms with Crippen molar-refractivity contribution >= 4 is 0 Å². The zero-order chi connectivity index (χ0) is 16.8. The van der Waals surface area contributed by atoms with E-state index in [1.54, 1.807) is 12.1 Å². The van der Waals surface area contributed by atoms with Crippen molar-refractivity contribution in [3.05, 3.63) is 46.8 Å². The van der Waals surface area contributed by atoms with Crippen LogP contribution in [0.3, 0.4) is 0 Å². The topological polar surface area (TPSA) is 0 Å². The molecule has 23 heavy (non-hydrogen) atoms. The number of hydrogen-bond acceptors (Lipinski definition) is 0. The summed E-state index contributed by atoms with van der Waals surface area (Å²) >= 11 is 0. The van der Waals surface area contributed by atoms with E-state index < -0.39 is 17.8 Å². The molecule has 0 spiro atoms. The van der Waals surface area contributed by atoms with Gasteiger partial charge in [-0.2, -0.15) is 0 Å². The first-order chi connectivity index (χ1) is 11.0. The maximum Gasteiger partial charge on any atom is 0.266 e. The van der Waals surface area contributed by atoms with Crippen LogP contribution >= 0.6 is 0 Å². The van der Waals surface area contributed by atoms with Gasteiger partial charge in [0.2, 0.25) is 0 Å². The van der Waals surface area contributed by atoms with Gasteiger partial charge in [-0.25, -0.2) is 13.2 Å². The van der Waals surface area contributed by atoms with Crippen LogP contribution in [0, 0.1) is 24.6 Å². The van der Waals surface area contributed by atoms with Gasteiger partial charge in [0.25, 0.3) is 6.43 Å². The van der Waals surface area contributed by atoms with Crippen molar-refractivity contribution in [2.45, 2.75) is 65.2 Å². The highest BCUT2D eigenvalue weighted by molar-refractivity contribution is 5.34. The molecule has 0 aromatic heterocycles. The van der Waals surface area contributed by atoms with Crippen molar-refractivity contribution < 1.29 is 13.2 Å². The summed E-state index contributed by atoms with van der Waals surface area (Å²) in [4.78, 5) is 0. The molecule has 0 nitrogen and oxygen atoms in total. The molecule has 0 aliphatic heterocycles. The van der Waals surface area contributed by atoms with Crippen LogP contribution in [0.1, 0.15) is 68.6 Å². The van der Waals surface area contributed by atoms with Gasteiger partial charge in [-0.1, -0.05) is 37.6 Å². The van der Waals surface area contributed by atoms with E-state index in [9.17, 15) is 13.2 Å². The quantitative estimate of drug-likeness (QED) is 0.506. The average Bonchev–Trinajstić information content (AvgIpc) is 2.53. The minimum Gasteiger partial charge on any atom is -0.206 e. The predicted molar refractivity (Wildman–Crippen MR) is 89.3 cm³/mol. The molecule has 1 aliphatic carbocycles. The fraction of sp³-hybridized carbons (Fsp3) is 0.600. The van der Waals surface area contributed by atoms with Crippen LogP contribution in [0.5, 0.6) is 0 Å². The Bertz CT molecular complexity index is 526. The second-order valence-electron chi connectivity index (χ2n) is 6.73. The lowest BCUT2D eigenvalue weighted by Crippen LogP contribution is -2.12. The van der Waals surface area contributed by atoms with Crippen LogP contribution < -0.4 is 0 Å². The Morgan fingerprint density at radius 2 is 1.87 bits per heavy atom. The SMILES string of the molecule is CCC1CCC(C=CCCc2ccc(C)c(C(F)F)c2F)CC1. The second-order valence-corrected chi connectivity index (χ2v) is 6.73. The van der Waals surface area contributed by atoms with E-state index in [-0.39, 0.29) is 0 Å². The molecule has 0 N–H and O–H groups in total. The highest BCUT2D eigenvalue weighted by Gasteiger charge is 2.19. The van der Waals surface area contributed by atoms with E-state index in [0.717, 1.165) is 5.92 Å². The van der Waals surface area contributed by atoms with Crippen molar-refractivity contribution in [1.29, 1.82) is 0 Å². The van der Waals surface area contributed by atoms with Crippen LogP contribution in [-0.2, 0) is 6.42 Å². The standard InChI is InChI=1S/C20H27F3/c1-3-15-9-11-16(12-10-15)6-4-5-7-17-13-8-14(2)18(19(17)21)20(22)23/h4,6,8,13,15-16,20H,3,5,7,9-12H2,1-2H3. The largest absolute Gasteiger partial charge is 0.266 e. The third kappa shape index (κ3) is 4.86. The highest BCUT2D eigenvalue weighted by Crippen LogP contribution is 2.31. The first-order valence-corrected chi connectivity index (χ1v) is 8.75. The fourth-order valence-electron chi connectivity index (χ4n) is 3.51. The molecule has 0 atom stereocenters. The van der Waals surface area contributed by atoms with Gasteiger partial charge < -0.3 is 0 Å². The first kappa shape index (κ1) is 18.1. The molecule has 0 heterocycles. The lowest BCUT2D eigenvalue weighted by molar-refractivity contribution is 0.145. The zero-order valence-corrected chi connectivity index (χ0v) is 14.1. The van der Waals surface area contributed by atoms with Gasteiger partial charge in [0.15, 0.2) is 0 Å². The highest BCUT2D eigenvalue weighted by atomic mass is 19.3. The normalized spacial score (nSPS) is 22.2. The van der Waals surface area contributed by atoms with Crippen molar-refractivity contribution in [2.24, 2.45) is 11.8 Å². The maximum absolute atomic E-state index is 14.1. The molecule has 0 saturated heterocycles. The van der Waals surface area contributed by atoms with Gasteiger partial charge >= 0.3 is 0 Å². The number of aryl methyl sites for hydroxylation is 2. The molecular formula is C20H27F3. The van der Waals surface area contributed by atoms with Crippen molar-refractivity contribution in [1.82, 2.24) is 0 Å². The fourth-order valence-corrected chi connectivity index (χ4v) is 3.51. The summed E-state index contributed by atoms with van der Waals surface area (Å²) in [5.74, 6) is 0.795. The van der Waals surface area contributed by atoms with Crippen molar-refractivity contribution in [2.75, 3.05) is 0 Å². The maximum atomic E-state index is 14.1. The Labute approximate surface area is 137 Å². The summed E-state index contributed by atoms with van der Waals surface area (Å²) in [6.45, 7) is 3.78. The Morgan fingerprint density at radius 3 is 2.48 bits per heavy atom. The van der Waals surface area contributed by atoms with E-state index in [1.165, 1.54) is 39.0 Å². The third-order valence-electron chi connectivity index (χ3n) is 5.15. The number of alkyl halides is 2. The molecule has 128 valence electrons. The van der Waals surface area contributed by atoms with Crippen molar-refractivity contribution in [3.8, 4) is 0 Å². The minimum absolute atomic E-state index is 0.324. The van der Waals surface area contributed by atoms with Gasteiger partial charge in [-0.3, -0.25) is 0 Å². The van der Waals surface area contributed by atoms with Crippen LogP contribution in [0.15, 0.2) is 24.3 Å². The Hall–Kier alpha value is -1.25. The smallest absolute Gasteiger partial charge is 0.206 e. The molecule has 0 bridgehead atoms. The summed E-state index contributed by atoms with van der Waals surface area (Å²) in [6, 6.07) is 3.23. The number of allylic oxidation sites excluding steroid dienone is 2. The van der Waals surface area contributed by atoms with E-state index in [0.29, 0.717) is 29.9 Å². The zero-order valence-electron chi connectivity index (χ0n) is 14.1. The number of benzene rings is 1. The minimum atomic E-state index is -2.75. The monoisotopic (exact) mass is 324 g/mol. The van der Waals surface area contributed by atoms with Gasteiger partial charge in [-0.05, 0) is 68.4 Å². The molecule has 1 aliphatic rings. The lowest BCUT2D eigenvalue weighted by Gasteiger charge is -2.25. The van der Waals surface area contributed by atoms with Gasteiger partial charge in [0.05, 0.1) is 5.56 Å². The molecule has 1 aromatic carbocycles. The Balaban J connectivity index is 1.87. The molecule has 0 radical (unpaired) electrons. The summed E-state index contributed by atoms with van der Waals surface area (Å²) in [7, 11) is 0. The molecule has 0 amide bonds. The summed E-state index contributed by atoms with van der Waals surface area (Å²) in [5.41, 5.74) is 0.277. The van der Waals surface area contributed by atoms with Crippen LogP contribution in [-0.4, -0.2) is 0 Å². The average molecular weight is 324 g/mol. The van der Waals surface area contributed by atoms with Crippen molar-refractivity contribution in [3.63, 3.8) is 0 Å². The third-order valence-corrected chi connectivity index (χ3v) is 5.15. The predicted octanol–water partition coefficient (Wildman–Crippen LogP) is 6.78. The molecule has 3 heteroatoms. The summed E-state index contributed by atoms with van der Waals surface area (Å²) < 4.78 is 40.0. The number of halogens is 3. The second kappa shape index (κ2) is 8.56. The van der Waals surface area contributed by atoms with Crippen LogP contribution in [0.4, 0.5) is 13.2 Å². The van der Waals surface area contributed by atoms with Crippen LogP contribution in [0.25, 0.3) is 0 Å².